The zero-order valence-electron chi connectivity index (χ0n) is 15.2. The monoisotopic (exact) mass is 350 g/mol. The summed E-state index contributed by atoms with van der Waals surface area (Å²) in [6.45, 7) is 4.18. The number of fused-ring (bicyclic) bond motifs is 2. The van der Waals surface area contributed by atoms with Gasteiger partial charge in [0.25, 0.3) is 0 Å². The lowest BCUT2D eigenvalue weighted by atomic mass is 9.33. The van der Waals surface area contributed by atoms with Gasteiger partial charge in [-0.1, -0.05) is 6.42 Å². The second-order valence-corrected chi connectivity index (χ2v) is 10.1. The van der Waals surface area contributed by atoms with Gasteiger partial charge >= 0.3 is 5.97 Å². The minimum Gasteiger partial charge on any atom is -0.465 e. The minimum absolute atomic E-state index is 0.0560. The van der Waals surface area contributed by atoms with Crippen LogP contribution in [-0.2, 0) is 9.53 Å². The SMILES string of the molecule is C[C@@]1(O)[C@H]2CC[C@@]3([C@H](O)C[C@@H]4[C@@]5(CCC[C@@]4(C)C(=O)OC5)[C@H]3C2)[C@H]1O. The highest BCUT2D eigenvalue weighted by Gasteiger charge is 2.76. The van der Waals surface area contributed by atoms with Crippen molar-refractivity contribution in [3.8, 4) is 0 Å². The Balaban J connectivity index is 1.67. The van der Waals surface area contributed by atoms with E-state index in [1.54, 1.807) is 6.92 Å². The fourth-order valence-corrected chi connectivity index (χ4v) is 8.20. The molecular weight excluding hydrogens is 320 g/mol. The molecule has 1 saturated heterocycles. The van der Waals surface area contributed by atoms with E-state index in [-0.39, 0.29) is 29.1 Å². The molecule has 0 aromatic rings. The van der Waals surface area contributed by atoms with Crippen LogP contribution in [0.3, 0.4) is 0 Å². The second-order valence-electron chi connectivity index (χ2n) is 10.1. The summed E-state index contributed by atoms with van der Waals surface area (Å²) in [6, 6.07) is 0. The third-order valence-corrected chi connectivity index (χ3v) is 9.50. The zero-order valence-corrected chi connectivity index (χ0v) is 15.2. The molecule has 5 saturated carbocycles. The van der Waals surface area contributed by atoms with E-state index in [1.165, 1.54) is 0 Å². The first-order valence-electron chi connectivity index (χ1n) is 9.95. The van der Waals surface area contributed by atoms with E-state index in [0.29, 0.717) is 13.0 Å². The summed E-state index contributed by atoms with van der Waals surface area (Å²) in [5, 5.41) is 33.4. The third kappa shape index (κ3) is 1.61. The standard InChI is InChI=1S/C20H30O5/c1-17-5-3-6-19(10-25-16(17)23)12(17)9-14(21)20-7-4-11(8-13(19)20)18(2,24)15(20)22/h11-15,21-22,24H,3-10H2,1-2H3/t11-,12-,13+,14+,15-,17+,18+,19-,20+/m0/s1. The van der Waals surface area contributed by atoms with Gasteiger partial charge in [0.15, 0.2) is 0 Å². The third-order valence-electron chi connectivity index (χ3n) is 9.50. The molecule has 0 amide bonds. The molecule has 4 bridgehead atoms. The highest BCUT2D eigenvalue weighted by atomic mass is 16.5. The molecule has 5 aliphatic carbocycles. The number of rotatable bonds is 0. The van der Waals surface area contributed by atoms with Crippen LogP contribution in [0.1, 0.15) is 58.8 Å². The van der Waals surface area contributed by atoms with Crippen molar-refractivity contribution in [2.75, 3.05) is 6.61 Å². The number of aliphatic hydroxyl groups excluding tert-OH is 2. The van der Waals surface area contributed by atoms with Crippen molar-refractivity contribution in [2.45, 2.75) is 76.6 Å². The molecule has 1 spiro atoms. The smallest absolute Gasteiger partial charge is 0.312 e. The average molecular weight is 350 g/mol. The zero-order chi connectivity index (χ0) is 17.8. The summed E-state index contributed by atoms with van der Waals surface area (Å²) in [7, 11) is 0. The maximum Gasteiger partial charge on any atom is 0.312 e. The van der Waals surface area contributed by atoms with Crippen LogP contribution in [-0.4, -0.2) is 45.7 Å². The van der Waals surface area contributed by atoms with Gasteiger partial charge in [-0.2, -0.15) is 0 Å². The van der Waals surface area contributed by atoms with Gasteiger partial charge in [0.05, 0.1) is 29.8 Å². The molecule has 1 heterocycles. The number of hydrogen-bond acceptors (Lipinski definition) is 5. The van der Waals surface area contributed by atoms with Crippen LogP contribution in [0.25, 0.3) is 0 Å². The van der Waals surface area contributed by atoms with Crippen LogP contribution in [0.4, 0.5) is 0 Å². The van der Waals surface area contributed by atoms with E-state index in [4.69, 9.17) is 4.74 Å². The molecule has 1 aliphatic heterocycles. The van der Waals surface area contributed by atoms with Crippen molar-refractivity contribution in [1.29, 1.82) is 0 Å². The summed E-state index contributed by atoms with van der Waals surface area (Å²) in [5.41, 5.74) is -2.45. The van der Waals surface area contributed by atoms with Gasteiger partial charge in [0.2, 0.25) is 0 Å². The molecule has 140 valence electrons. The minimum atomic E-state index is -1.14. The molecule has 5 heteroatoms. The molecule has 0 aromatic carbocycles. The molecule has 0 aromatic heterocycles. The molecule has 6 fully saturated rings. The van der Waals surface area contributed by atoms with Gasteiger partial charge in [-0.3, -0.25) is 4.79 Å². The van der Waals surface area contributed by atoms with Crippen LogP contribution in [0.15, 0.2) is 0 Å². The largest absolute Gasteiger partial charge is 0.465 e. The van der Waals surface area contributed by atoms with Crippen LogP contribution in [0.5, 0.6) is 0 Å². The Morgan fingerprint density at radius 1 is 1.08 bits per heavy atom. The van der Waals surface area contributed by atoms with Crippen molar-refractivity contribution in [3.05, 3.63) is 0 Å². The van der Waals surface area contributed by atoms with Crippen molar-refractivity contribution in [2.24, 2.45) is 34.0 Å². The number of cyclic esters (lactones) is 1. The van der Waals surface area contributed by atoms with E-state index >= 15 is 0 Å². The first-order valence-corrected chi connectivity index (χ1v) is 9.95. The quantitative estimate of drug-likeness (QED) is 0.578. The van der Waals surface area contributed by atoms with E-state index < -0.39 is 28.6 Å². The summed E-state index contributed by atoms with van der Waals surface area (Å²) in [5.74, 6) is 0.192. The predicted molar refractivity (Wildman–Crippen MR) is 89.4 cm³/mol. The van der Waals surface area contributed by atoms with Crippen LogP contribution < -0.4 is 0 Å². The fraction of sp³-hybridized carbons (Fsp3) is 0.950. The Kier molecular flexibility index (Phi) is 3.04. The molecule has 25 heavy (non-hydrogen) atoms. The summed E-state index contributed by atoms with van der Waals surface area (Å²) in [4.78, 5) is 12.6. The highest BCUT2D eigenvalue weighted by Crippen LogP contribution is 2.73. The maximum absolute atomic E-state index is 12.6. The van der Waals surface area contributed by atoms with E-state index in [0.717, 1.165) is 38.5 Å². The Morgan fingerprint density at radius 3 is 2.60 bits per heavy atom. The lowest BCUT2D eigenvalue weighted by Gasteiger charge is -2.73. The lowest BCUT2D eigenvalue weighted by molar-refractivity contribution is -0.331. The predicted octanol–water partition coefficient (Wildman–Crippen LogP) is 1.63. The maximum atomic E-state index is 12.6. The molecule has 5 nitrogen and oxygen atoms in total. The number of carbonyl (C=O) groups excluding carboxylic acids is 1. The topological polar surface area (TPSA) is 87.0 Å². The van der Waals surface area contributed by atoms with Crippen molar-refractivity contribution in [1.82, 2.24) is 0 Å². The summed E-state index contributed by atoms with van der Waals surface area (Å²) < 4.78 is 5.72. The van der Waals surface area contributed by atoms with Gasteiger partial charge in [0, 0.05) is 10.8 Å². The fourth-order valence-electron chi connectivity index (χ4n) is 8.20. The Labute approximate surface area is 148 Å². The molecule has 6 rings (SSSR count). The highest BCUT2D eigenvalue weighted by molar-refractivity contribution is 5.78. The first kappa shape index (κ1) is 16.5. The van der Waals surface area contributed by atoms with Gasteiger partial charge < -0.3 is 20.1 Å². The van der Waals surface area contributed by atoms with Gasteiger partial charge in [-0.25, -0.2) is 0 Å². The number of esters is 1. The normalized spacial score (nSPS) is 62.8. The van der Waals surface area contributed by atoms with Crippen LogP contribution in [0.2, 0.25) is 0 Å². The molecule has 0 radical (unpaired) electrons. The lowest BCUT2D eigenvalue weighted by Crippen LogP contribution is -2.77. The number of carbonyl (C=O) groups is 1. The van der Waals surface area contributed by atoms with Gasteiger partial charge in [-0.05, 0) is 70.1 Å². The van der Waals surface area contributed by atoms with E-state index in [1.807, 2.05) is 6.92 Å². The number of aliphatic hydroxyl groups is 3. The molecular formula is C20H30O5. The van der Waals surface area contributed by atoms with Gasteiger partial charge in [-0.15, -0.1) is 0 Å². The van der Waals surface area contributed by atoms with Crippen LogP contribution in [0, 0.1) is 34.0 Å². The Morgan fingerprint density at radius 2 is 1.84 bits per heavy atom. The van der Waals surface area contributed by atoms with Gasteiger partial charge in [0.1, 0.15) is 0 Å². The number of hydrogen-bond donors (Lipinski definition) is 3. The second kappa shape index (κ2) is 4.60. The van der Waals surface area contributed by atoms with E-state index in [2.05, 4.69) is 0 Å². The number of ether oxygens (including phenoxy) is 1. The molecule has 9 atom stereocenters. The average Bonchev–Trinajstić information content (AvgIpc) is 2.57. The van der Waals surface area contributed by atoms with Crippen molar-refractivity contribution >= 4 is 5.97 Å². The first-order chi connectivity index (χ1) is 11.7. The van der Waals surface area contributed by atoms with Crippen molar-refractivity contribution < 1.29 is 24.9 Å². The van der Waals surface area contributed by atoms with Crippen molar-refractivity contribution in [3.63, 3.8) is 0 Å². The van der Waals surface area contributed by atoms with E-state index in [9.17, 15) is 20.1 Å². The Bertz CT molecular complexity index is 632. The molecule has 0 unspecified atom stereocenters. The Hall–Kier alpha value is -0.650. The molecule has 6 aliphatic rings. The molecule has 3 N–H and O–H groups in total. The summed E-state index contributed by atoms with van der Waals surface area (Å²) in [6.07, 6.45) is 4.24. The van der Waals surface area contributed by atoms with Crippen LogP contribution >= 0.6 is 0 Å². The summed E-state index contributed by atoms with van der Waals surface area (Å²) >= 11 is 0.